The summed E-state index contributed by atoms with van der Waals surface area (Å²) in [5.41, 5.74) is 1.16. The number of nitrogens with one attached hydrogen (secondary N) is 1. The highest BCUT2D eigenvalue weighted by Crippen LogP contribution is 2.42. The topological polar surface area (TPSA) is 64.7 Å². The number of carbonyl (C=O) groups excluding carboxylic acids is 1. The minimum absolute atomic E-state index is 0.0761. The fourth-order valence-electron chi connectivity index (χ4n) is 3.32. The molecule has 31 heavy (non-hydrogen) atoms. The van der Waals surface area contributed by atoms with E-state index in [1.807, 2.05) is 12.1 Å². The maximum atomic E-state index is 13.1. The third-order valence-electron chi connectivity index (χ3n) is 5.15. The molecule has 4 rings (SSSR count). The Hall–Kier alpha value is -2.81. The van der Waals surface area contributed by atoms with E-state index in [1.54, 1.807) is 29.9 Å². The van der Waals surface area contributed by atoms with E-state index in [1.165, 1.54) is 10.9 Å². The highest BCUT2D eigenvalue weighted by molar-refractivity contribution is 6.30. The summed E-state index contributed by atoms with van der Waals surface area (Å²) in [6.45, 7) is 2.26. The van der Waals surface area contributed by atoms with Gasteiger partial charge in [0.05, 0.1) is 30.9 Å². The van der Waals surface area contributed by atoms with Crippen molar-refractivity contribution in [1.29, 1.82) is 0 Å². The Kier molecular flexibility index (Phi) is 5.79. The first-order valence-corrected chi connectivity index (χ1v) is 10.3. The van der Waals surface area contributed by atoms with Crippen LogP contribution >= 0.6 is 11.6 Å². The fraction of sp³-hybridized carbons (Fsp3) is 0.381. The Labute approximate surface area is 182 Å². The smallest absolute Gasteiger partial charge is 0.323 e. The normalized spacial score (nSPS) is 15.1. The van der Waals surface area contributed by atoms with Crippen molar-refractivity contribution in [1.82, 2.24) is 19.6 Å². The summed E-state index contributed by atoms with van der Waals surface area (Å²) in [7, 11) is 0. The number of alkyl halides is 3. The Bertz CT molecular complexity index is 1070. The highest BCUT2D eigenvalue weighted by Gasteiger charge is 2.38. The SMILES string of the molecule is CC(Cn1nc(C(F)(F)F)cc1C1CC1)C(=O)Nc1cnn(Cc2ccc(Cl)cc2)c1. The number of halogens is 4. The molecule has 1 fully saturated rings. The second kappa shape index (κ2) is 8.37. The molecule has 2 aromatic heterocycles. The molecule has 0 aliphatic heterocycles. The molecule has 1 amide bonds. The van der Waals surface area contributed by atoms with Gasteiger partial charge >= 0.3 is 6.18 Å². The van der Waals surface area contributed by atoms with Crippen molar-refractivity contribution >= 4 is 23.2 Å². The third-order valence-corrected chi connectivity index (χ3v) is 5.40. The predicted octanol–water partition coefficient (Wildman–Crippen LogP) is 4.95. The average molecular weight is 452 g/mol. The molecule has 1 aliphatic carbocycles. The van der Waals surface area contributed by atoms with Gasteiger partial charge in [-0.15, -0.1) is 0 Å². The molecule has 1 aliphatic rings. The van der Waals surface area contributed by atoms with Crippen LogP contribution in [-0.2, 0) is 24.1 Å². The highest BCUT2D eigenvalue weighted by atomic mass is 35.5. The van der Waals surface area contributed by atoms with E-state index in [9.17, 15) is 18.0 Å². The monoisotopic (exact) mass is 451 g/mol. The summed E-state index contributed by atoms with van der Waals surface area (Å²) < 4.78 is 42.2. The molecule has 3 aromatic rings. The Morgan fingerprint density at radius 1 is 1.29 bits per heavy atom. The van der Waals surface area contributed by atoms with E-state index in [-0.39, 0.29) is 18.4 Å². The minimum Gasteiger partial charge on any atom is -0.323 e. The number of benzene rings is 1. The van der Waals surface area contributed by atoms with Crippen LogP contribution in [0.3, 0.4) is 0 Å². The lowest BCUT2D eigenvalue weighted by molar-refractivity contribution is -0.141. The number of carbonyl (C=O) groups is 1. The van der Waals surface area contributed by atoms with Crippen LogP contribution in [-0.4, -0.2) is 25.5 Å². The van der Waals surface area contributed by atoms with E-state index in [2.05, 4.69) is 15.5 Å². The van der Waals surface area contributed by atoms with Crippen LogP contribution in [0.4, 0.5) is 18.9 Å². The van der Waals surface area contributed by atoms with Crippen molar-refractivity contribution in [2.24, 2.45) is 5.92 Å². The van der Waals surface area contributed by atoms with Gasteiger partial charge < -0.3 is 5.32 Å². The van der Waals surface area contributed by atoms with Gasteiger partial charge in [0.15, 0.2) is 5.69 Å². The number of hydrogen-bond acceptors (Lipinski definition) is 3. The van der Waals surface area contributed by atoms with Crippen LogP contribution < -0.4 is 5.32 Å². The number of nitrogens with zero attached hydrogens (tertiary/aromatic N) is 4. The van der Waals surface area contributed by atoms with Crippen molar-refractivity contribution in [2.45, 2.75) is 44.9 Å². The van der Waals surface area contributed by atoms with Crippen LogP contribution in [0.15, 0.2) is 42.7 Å². The average Bonchev–Trinajstić information content (AvgIpc) is 3.31. The summed E-state index contributed by atoms with van der Waals surface area (Å²) in [6.07, 6.45) is 0.419. The summed E-state index contributed by atoms with van der Waals surface area (Å²) in [5.74, 6) is -0.792. The molecule has 1 saturated carbocycles. The van der Waals surface area contributed by atoms with Crippen LogP contribution in [0.25, 0.3) is 0 Å². The van der Waals surface area contributed by atoms with Gasteiger partial charge in [-0.1, -0.05) is 30.7 Å². The van der Waals surface area contributed by atoms with Crippen LogP contribution in [0, 0.1) is 5.92 Å². The second-order valence-electron chi connectivity index (χ2n) is 7.85. The van der Waals surface area contributed by atoms with Crippen molar-refractivity contribution < 1.29 is 18.0 Å². The van der Waals surface area contributed by atoms with Crippen molar-refractivity contribution in [2.75, 3.05) is 5.32 Å². The molecule has 1 N–H and O–H groups in total. The quantitative estimate of drug-likeness (QED) is 0.552. The molecule has 6 nitrogen and oxygen atoms in total. The maximum Gasteiger partial charge on any atom is 0.435 e. The predicted molar refractivity (Wildman–Crippen MR) is 110 cm³/mol. The van der Waals surface area contributed by atoms with Crippen LogP contribution in [0.5, 0.6) is 0 Å². The molecule has 1 atom stereocenters. The van der Waals surface area contributed by atoms with Crippen LogP contribution in [0.2, 0.25) is 5.02 Å². The molecule has 164 valence electrons. The minimum atomic E-state index is -4.50. The van der Waals surface area contributed by atoms with Crippen LogP contribution in [0.1, 0.15) is 42.6 Å². The molecule has 0 saturated heterocycles. The van der Waals surface area contributed by atoms with E-state index >= 15 is 0 Å². The largest absolute Gasteiger partial charge is 0.435 e. The van der Waals surface area contributed by atoms with Crippen molar-refractivity contribution in [3.05, 3.63) is 64.7 Å². The molecular weight excluding hydrogens is 431 g/mol. The maximum absolute atomic E-state index is 13.1. The first-order chi connectivity index (χ1) is 14.7. The third kappa shape index (κ3) is 5.28. The lowest BCUT2D eigenvalue weighted by atomic mass is 10.1. The summed E-state index contributed by atoms with van der Waals surface area (Å²) >= 11 is 5.89. The Morgan fingerprint density at radius 3 is 2.65 bits per heavy atom. The number of aromatic nitrogens is 4. The van der Waals surface area contributed by atoms with E-state index < -0.39 is 17.8 Å². The Balaban J connectivity index is 1.39. The van der Waals surface area contributed by atoms with Crippen molar-refractivity contribution in [3.63, 3.8) is 0 Å². The second-order valence-corrected chi connectivity index (χ2v) is 8.29. The number of hydrogen-bond donors (Lipinski definition) is 1. The zero-order chi connectivity index (χ0) is 22.2. The summed E-state index contributed by atoms with van der Waals surface area (Å²) in [4.78, 5) is 12.6. The molecule has 1 aromatic carbocycles. The zero-order valence-corrected chi connectivity index (χ0v) is 17.5. The molecular formula is C21H21ClF3N5O. The molecule has 1 unspecified atom stereocenters. The lowest BCUT2D eigenvalue weighted by Gasteiger charge is -2.13. The number of rotatable bonds is 7. The molecule has 0 radical (unpaired) electrons. The van der Waals surface area contributed by atoms with Gasteiger partial charge in [0, 0.05) is 22.8 Å². The van der Waals surface area contributed by atoms with Gasteiger partial charge in [0.25, 0.3) is 0 Å². The van der Waals surface area contributed by atoms with Gasteiger partial charge in [0.2, 0.25) is 5.91 Å². The summed E-state index contributed by atoms with van der Waals surface area (Å²) in [6, 6.07) is 8.46. The molecule has 0 bridgehead atoms. The fourth-order valence-corrected chi connectivity index (χ4v) is 3.45. The van der Waals surface area contributed by atoms with Gasteiger partial charge in [-0.2, -0.15) is 23.4 Å². The van der Waals surface area contributed by atoms with E-state index in [0.717, 1.165) is 24.5 Å². The Morgan fingerprint density at radius 2 is 2.00 bits per heavy atom. The van der Waals surface area contributed by atoms with Gasteiger partial charge in [-0.3, -0.25) is 14.2 Å². The molecule has 2 heterocycles. The zero-order valence-electron chi connectivity index (χ0n) is 16.7. The first-order valence-electron chi connectivity index (χ1n) is 9.92. The standard InChI is InChI=1S/C21H21ClF3N5O/c1-13(10-30-18(15-4-5-15)8-19(28-30)21(23,24)25)20(31)27-17-9-26-29(12-17)11-14-2-6-16(22)7-3-14/h2-3,6-9,12-13,15H,4-5,10-11H2,1H3,(H,27,31). The van der Waals surface area contributed by atoms with Crippen molar-refractivity contribution in [3.8, 4) is 0 Å². The number of anilines is 1. The first kappa shape index (κ1) is 21.4. The molecule has 10 heteroatoms. The van der Waals surface area contributed by atoms with Gasteiger partial charge in [0.1, 0.15) is 0 Å². The summed E-state index contributed by atoms with van der Waals surface area (Å²) in [5, 5.41) is 11.4. The van der Waals surface area contributed by atoms with Gasteiger partial charge in [-0.05, 0) is 36.6 Å². The van der Waals surface area contributed by atoms with E-state index in [4.69, 9.17) is 11.6 Å². The van der Waals surface area contributed by atoms with Gasteiger partial charge in [-0.25, -0.2) is 0 Å². The lowest BCUT2D eigenvalue weighted by Crippen LogP contribution is -2.25. The molecule has 0 spiro atoms. The number of amides is 1. The van der Waals surface area contributed by atoms with E-state index in [0.29, 0.717) is 22.9 Å².